The molecule has 3 rings (SSSR count). The summed E-state index contributed by atoms with van der Waals surface area (Å²) in [5.74, 6) is 0.534. The maximum absolute atomic E-state index is 6.01. The van der Waals surface area contributed by atoms with E-state index < -0.39 is 0 Å². The molecule has 0 heterocycles. The molecule has 1 nitrogen and oxygen atoms in total. The quantitative estimate of drug-likeness (QED) is 0.884. The molecule has 0 radical (unpaired) electrons. The van der Waals surface area contributed by atoms with Crippen LogP contribution in [-0.4, -0.2) is 6.54 Å². The Kier molecular flexibility index (Phi) is 4.40. The second-order valence-electron chi connectivity index (χ2n) is 6.45. The largest absolute Gasteiger partial charge is 0.330 e. The van der Waals surface area contributed by atoms with Gasteiger partial charge in [-0.15, -0.1) is 0 Å². The predicted octanol–water partition coefficient (Wildman–Crippen LogP) is 3.84. The van der Waals surface area contributed by atoms with Crippen molar-refractivity contribution in [2.45, 2.75) is 39.0 Å². The maximum Gasteiger partial charge on any atom is -0.00425 e. The van der Waals surface area contributed by atoms with Crippen molar-refractivity contribution >= 4 is 0 Å². The van der Waals surface area contributed by atoms with Crippen LogP contribution in [0, 0.1) is 12.8 Å². The average Bonchev–Trinajstić information content (AvgIpc) is 2.96. The highest BCUT2D eigenvalue weighted by molar-refractivity contribution is 5.35. The normalized spacial score (nSPS) is 15.0. The van der Waals surface area contributed by atoms with Crippen LogP contribution in [-0.2, 0) is 25.7 Å². The van der Waals surface area contributed by atoms with Crippen LogP contribution in [0.5, 0.6) is 0 Å². The van der Waals surface area contributed by atoms with E-state index in [2.05, 4.69) is 49.4 Å². The Labute approximate surface area is 128 Å². The van der Waals surface area contributed by atoms with Crippen LogP contribution in [0.25, 0.3) is 0 Å². The minimum Gasteiger partial charge on any atom is -0.330 e. The molecule has 1 atom stereocenters. The van der Waals surface area contributed by atoms with E-state index in [4.69, 9.17) is 5.73 Å². The van der Waals surface area contributed by atoms with Gasteiger partial charge in [0.1, 0.15) is 0 Å². The van der Waals surface area contributed by atoms with E-state index in [0.717, 1.165) is 19.4 Å². The lowest BCUT2D eigenvalue weighted by atomic mass is 9.91. The van der Waals surface area contributed by atoms with Crippen LogP contribution < -0.4 is 5.73 Å². The van der Waals surface area contributed by atoms with Crippen molar-refractivity contribution < 1.29 is 0 Å². The SMILES string of the molecule is Cc1ccc(CC(CN)Cc2ccc3c(c2)CCC3)cc1. The first-order valence-corrected chi connectivity index (χ1v) is 8.11. The first-order valence-electron chi connectivity index (χ1n) is 8.11. The molecular formula is C20H25N. The smallest absolute Gasteiger partial charge is 0.00425 e. The van der Waals surface area contributed by atoms with Crippen molar-refractivity contribution in [1.29, 1.82) is 0 Å². The van der Waals surface area contributed by atoms with Gasteiger partial charge in [0.05, 0.1) is 0 Å². The van der Waals surface area contributed by atoms with E-state index in [9.17, 15) is 0 Å². The third-order valence-electron chi connectivity index (χ3n) is 4.67. The molecule has 0 saturated carbocycles. The molecule has 2 N–H and O–H groups in total. The summed E-state index contributed by atoms with van der Waals surface area (Å²) in [6, 6.07) is 15.9. The fourth-order valence-electron chi connectivity index (χ4n) is 3.38. The van der Waals surface area contributed by atoms with E-state index in [-0.39, 0.29) is 0 Å². The van der Waals surface area contributed by atoms with Crippen LogP contribution in [0.1, 0.15) is 34.2 Å². The molecule has 1 heteroatoms. The number of hydrogen-bond acceptors (Lipinski definition) is 1. The molecule has 1 aliphatic carbocycles. The summed E-state index contributed by atoms with van der Waals surface area (Å²) in [5.41, 5.74) is 13.3. The molecule has 0 amide bonds. The van der Waals surface area contributed by atoms with Crippen molar-refractivity contribution in [2.75, 3.05) is 6.54 Å². The lowest BCUT2D eigenvalue weighted by molar-refractivity contribution is 0.533. The molecule has 110 valence electrons. The zero-order valence-electron chi connectivity index (χ0n) is 12.9. The van der Waals surface area contributed by atoms with Crippen molar-refractivity contribution in [1.82, 2.24) is 0 Å². The van der Waals surface area contributed by atoms with Gasteiger partial charge in [-0.05, 0) is 73.7 Å². The topological polar surface area (TPSA) is 26.0 Å². The molecule has 0 bridgehead atoms. The molecule has 1 unspecified atom stereocenters. The van der Waals surface area contributed by atoms with Crippen LogP contribution in [0.3, 0.4) is 0 Å². The van der Waals surface area contributed by atoms with Crippen molar-refractivity contribution in [3.8, 4) is 0 Å². The lowest BCUT2D eigenvalue weighted by Gasteiger charge is -2.16. The first-order chi connectivity index (χ1) is 10.2. The van der Waals surface area contributed by atoms with Gasteiger partial charge in [-0.1, -0.05) is 48.0 Å². The third-order valence-corrected chi connectivity index (χ3v) is 4.67. The molecular weight excluding hydrogens is 254 g/mol. The van der Waals surface area contributed by atoms with E-state index in [1.807, 2.05) is 0 Å². The van der Waals surface area contributed by atoms with Gasteiger partial charge < -0.3 is 5.73 Å². The molecule has 0 saturated heterocycles. The summed E-state index contributed by atoms with van der Waals surface area (Å²) in [4.78, 5) is 0. The Morgan fingerprint density at radius 2 is 1.57 bits per heavy atom. The number of hydrogen-bond donors (Lipinski definition) is 1. The molecule has 2 aromatic carbocycles. The Hall–Kier alpha value is -1.60. The number of rotatable bonds is 5. The molecule has 21 heavy (non-hydrogen) atoms. The van der Waals surface area contributed by atoms with Gasteiger partial charge >= 0.3 is 0 Å². The summed E-state index contributed by atoms with van der Waals surface area (Å²) in [7, 11) is 0. The monoisotopic (exact) mass is 279 g/mol. The van der Waals surface area contributed by atoms with Crippen molar-refractivity contribution in [3.63, 3.8) is 0 Å². The fraction of sp³-hybridized carbons (Fsp3) is 0.400. The molecule has 1 aliphatic rings. The Balaban J connectivity index is 1.68. The molecule has 2 aromatic rings. The minimum absolute atomic E-state index is 0.534. The Morgan fingerprint density at radius 1 is 0.905 bits per heavy atom. The first kappa shape index (κ1) is 14.3. The van der Waals surface area contributed by atoms with Gasteiger partial charge in [0.25, 0.3) is 0 Å². The van der Waals surface area contributed by atoms with E-state index >= 15 is 0 Å². The highest BCUT2D eigenvalue weighted by Crippen LogP contribution is 2.24. The zero-order valence-corrected chi connectivity index (χ0v) is 12.9. The van der Waals surface area contributed by atoms with Crippen molar-refractivity contribution in [2.24, 2.45) is 11.7 Å². The van der Waals surface area contributed by atoms with Gasteiger partial charge in [-0.2, -0.15) is 0 Å². The summed E-state index contributed by atoms with van der Waals surface area (Å²) in [5, 5.41) is 0. The second kappa shape index (κ2) is 6.44. The highest BCUT2D eigenvalue weighted by Gasteiger charge is 2.13. The van der Waals surface area contributed by atoms with Gasteiger partial charge in [-0.25, -0.2) is 0 Å². The number of aryl methyl sites for hydroxylation is 3. The number of nitrogens with two attached hydrogens (primary N) is 1. The van der Waals surface area contributed by atoms with Gasteiger partial charge in [0.15, 0.2) is 0 Å². The Bertz CT molecular complexity index is 598. The summed E-state index contributed by atoms with van der Waals surface area (Å²) >= 11 is 0. The van der Waals surface area contributed by atoms with Crippen LogP contribution in [0.15, 0.2) is 42.5 Å². The predicted molar refractivity (Wildman–Crippen MR) is 89.6 cm³/mol. The van der Waals surface area contributed by atoms with Gasteiger partial charge in [-0.3, -0.25) is 0 Å². The van der Waals surface area contributed by atoms with Crippen LogP contribution >= 0.6 is 0 Å². The van der Waals surface area contributed by atoms with Crippen LogP contribution in [0.4, 0.5) is 0 Å². The third kappa shape index (κ3) is 3.54. The summed E-state index contributed by atoms with van der Waals surface area (Å²) in [6.45, 7) is 2.89. The zero-order chi connectivity index (χ0) is 14.7. The molecule has 0 aliphatic heterocycles. The van der Waals surface area contributed by atoms with E-state index in [0.29, 0.717) is 5.92 Å². The van der Waals surface area contributed by atoms with Crippen molar-refractivity contribution in [3.05, 3.63) is 70.3 Å². The molecule has 0 spiro atoms. The maximum atomic E-state index is 6.01. The van der Waals surface area contributed by atoms with Gasteiger partial charge in [0.2, 0.25) is 0 Å². The Morgan fingerprint density at radius 3 is 2.33 bits per heavy atom. The number of benzene rings is 2. The molecule has 0 aromatic heterocycles. The highest BCUT2D eigenvalue weighted by atomic mass is 14.5. The van der Waals surface area contributed by atoms with Crippen LogP contribution in [0.2, 0.25) is 0 Å². The van der Waals surface area contributed by atoms with E-state index in [1.165, 1.54) is 36.0 Å². The lowest BCUT2D eigenvalue weighted by Crippen LogP contribution is -2.19. The summed E-state index contributed by atoms with van der Waals surface area (Å²) in [6.07, 6.45) is 6.02. The minimum atomic E-state index is 0.534. The van der Waals surface area contributed by atoms with Gasteiger partial charge in [0, 0.05) is 0 Å². The second-order valence-corrected chi connectivity index (χ2v) is 6.45. The fourth-order valence-corrected chi connectivity index (χ4v) is 3.38. The standard InChI is InChI=1S/C20H25N/c1-15-5-7-16(8-6-15)11-18(14-21)12-17-9-10-19-3-2-4-20(19)13-17/h5-10,13,18H,2-4,11-12,14,21H2,1H3. The molecule has 0 fully saturated rings. The summed E-state index contributed by atoms with van der Waals surface area (Å²) < 4.78 is 0. The number of fused-ring (bicyclic) bond motifs is 1. The van der Waals surface area contributed by atoms with E-state index in [1.54, 1.807) is 11.1 Å². The average molecular weight is 279 g/mol.